The summed E-state index contributed by atoms with van der Waals surface area (Å²) >= 11 is 1.96. The Labute approximate surface area is 126 Å². The molecule has 2 aliphatic rings. The number of amides is 1. The van der Waals surface area contributed by atoms with Crippen molar-refractivity contribution >= 4 is 17.7 Å². The smallest absolute Gasteiger partial charge is 0.223 e. The first-order valence-corrected chi connectivity index (χ1v) is 9.09. The van der Waals surface area contributed by atoms with Crippen LogP contribution in [0.2, 0.25) is 0 Å². The van der Waals surface area contributed by atoms with E-state index >= 15 is 0 Å². The zero-order chi connectivity index (χ0) is 14.4. The van der Waals surface area contributed by atoms with Crippen LogP contribution in [-0.4, -0.2) is 54.2 Å². The summed E-state index contributed by atoms with van der Waals surface area (Å²) in [7, 11) is 0. The molecule has 0 saturated carbocycles. The van der Waals surface area contributed by atoms with Crippen molar-refractivity contribution in [1.29, 1.82) is 0 Å². The van der Waals surface area contributed by atoms with Gasteiger partial charge >= 0.3 is 0 Å². The Bertz CT molecular complexity index is 298. The van der Waals surface area contributed by atoms with Crippen molar-refractivity contribution in [3.63, 3.8) is 0 Å². The average molecular weight is 300 g/mol. The molecule has 2 heterocycles. The number of hydrogen-bond donors (Lipinski definition) is 1. The molecule has 5 heteroatoms. The van der Waals surface area contributed by atoms with Crippen LogP contribution < -0.4 is 5.73 Å². The van der Waals surface area contributed by atoms with Crippen molar-refractivity contribution in [1.82, 2.24) is 4.90 Å². The van der Waals surface area contributed by atoms with E-state index in [0.29, 0.717) is 24.9 Å². The van der Waals surface area contributed by atoms with Crippen LogP contribution in [-0.2, 0) is 9.53 Å². The Morgan fingerprint density at radius 3 is 2.90 bits per heavy atom. The van der Waals surface area contributed by atoms with E-state index in [0.717, 1.165) is 44.6 Å². The number of carbonyl (C=O) groups excluding carboxylic acids is 1. The van der Waals surface area contributed by atoms with Gasteiger partial charge in [0, 0.05) is 31.4 Å². The molecule has 0 radical (unpaired) electrons. The fourth-order valence-electron chi connectivity index (χ4n) is 2.99. The zero-order valence-corrected chi connectivity index (χ0v) is 13.4. The summed E-state index contributed by atoms with van der Waals surface area (Å²) in [6.07, 6.45) is 5.19. The molecule has 4 nitrogen and oxygen atoms in total. The van der Waals surface area contributed by atoms with Gasteiger partial charge in [-0.3, -0.25) is 4.79 Å². The first-order chi connectivity index (χ1) is 9.74. The molecular weight excluding hydrogens is 272 g/mol. The van der Waals surface area contributed by atoms with Crippen LogP contribution in [0, 0.1) is 5.92 Å². The lowest BCUT2D eigenvalue weighted by molar-refractivity contribution is -0.135. The van der Waals surface area contributed by atoms with Gasteiger partial charge in [0.25, 0.3) is 0 Å². The highest BCUT2D eigenvalue weighted by Crippen LogP contribution is 2.25. The zero-order valence-electron chi connectivity index (χ0n) is 12.6. The van der Waals surface area contributed by atoms with Gasteiger partial charge < -0.3 is 15.4 Å². The van der Waals surface area contributed by atoms with Crippen molar-refractivity contribution in [2.75, 3.05) is 31.2 Å². The molecule has 0 aromatic carbocycles. The lowest BCUT2D eigenvalue weighted by Crippen LogP contribution is -2.45. The predicted octanol–water partition coefficient (Wildman–Crippen LogP) is 1.87. The predicted molar refractivity (Wildman–Crippen MR) is 83.9 cm³/mol. The molecule has 3 atom stereocenters. The lowest BCUT2D eigenvalue weighted by atomic mass is 10.0. The highest BCUT2D eigenvalue weighted by Gasteiger charge is 2.31. The van der Waals surface area contributed by atoms with Crippen LogP contribution in [0.4, 0.5) is 0 Å². The molecule has 0 aromatic rings. The van der Waals surface area contributed by atoms with Crippen LogP contribution in [0.15, 0.2) is 0 Å². The van der Waals surface area contributed by atoms with E-state index in [1.54, 1.807) is 0 Å². The van der Waals surface area contributed by atoms with Crippen LogP contribution in [0.3, 0.4) is 0 Å². The van der Waals surface area contributed by atoms with E-state index in [2.05, 4.69) is 11.8 Å². The van der Waals surface area contributed by atoms with Gasteiger partial charge in [-0.25, -0.2) is 0 Å². The van der Waals surface area contributed by atoms with E-state index in [-0.39, 0.29) is 12.0 Å². The quantitative estimate of drug-likeness (QED) is 0.780. The Kier molecular flexibility index (Phi) is 6.65. The third-order valence-electron chi connectivity index (χ3n) is 4.47. The molecule has 0 bridgehead atoms. The van der Waals surface area contributed by atoms with Gasteiger partial charge in [0.05, 0.1) is 6.10 Å². The Hall–Kier alpha value is -0.260. The van der Waals surface area contributed by atoms with Crippen molar-refractivity contribution in [3.05, 3.63) is 0 Å². The summed E-state index contributed by atoms with van der Waals surface area (Å²) in [6, 6.07) is 0.409. The van der Waals surface area contributed by atoms with E-state index < -0.39 is 0 Å². The molecular formula is C15H28N2O2S. The molecule has 2 saturated heterocycles. The van der Waals surface area contributed by atoms with E-state index in [1.807, 2.05) is 11.8 Å². The highest BCUT2D eigenvalue weighted by molar-refractivity contribution is 7.99. The van der Waals surface area contributed by atoms with E-state index in [4.69, 9.17) is 10.5 Å². The summed E-state index contributed by atoms with van der Waals surface area (Å²) in [5, 5.41) is 0. The molecule has 2 aliphatic heterocycles. The molecule has 3 unspecified atom stereocenters. The molecule has 0 spiro atoms. The van der Waals surface area contributed by atoms with Crippen LogP contribution in [0.1, 0.15) is 39.0 Å². The van der Waals surface area contributed by atoms with Gasteiger partial charge in [-0.15, -0.1) is 0 Å². The third kappa shape index (κ3) is 4.37. The first-order valence-electron chi connectivity index (χ1n) is 7.93. The number of hydrogen-bond acceptors (Lipinski definition) is 4. The van der Waals surface area contributed by atoms with Crippen molar-refractivity contribution in [3.8, 4) is 0 Å². The minimum atomic E-state index is 0.252. The maximum Gasteiger partial charge on any atom is 0.223 e. The SMILES string of the molecule is CCC(CN)CC(=O)N(CC1CCCO1)C1CCSC1. The Morgan fingerprint density at radius 1 is 1.50 bits per heavy atom. The molecule has 1 amide bonds. The van der Waals surface area contributed by atoms with Crippen LogP contribution >= 0.6 is 11.8 Å². The standard InChI is InChI=1S/C15H28N2O2S/c1-2-12(9-16)8-15(18)17(13-5-7-20-11-13)10-14-4-3-6-19-14/h12-14H,2-11,16H2,1H3. The number of ether oxygens (including phenoxy) is 1. The highest BCUT2D eigenvalue weighted by atomic mass is 32.2. The lowest BCUT2D eigenvalue weighted by Gasteiger charge is -2.32. The van der Waals surface area contributed by atoms with Crippen molar-refractivity contribution < 1.29 is 9.53 Å². The molecule has 116 valence electrons. The largest absolute Gasteiger partial charge is 0.376 e. The van der Waals surface area contributed by atoms with E-state index in [1.165, 1.54) is 5.75 Å². The number of thioether (sulfide) groups is 1. The second-order valence-corrected chi connectivity index (χ2v) is 7.06. The number of nitrogens with zero attached hydrogens (tertiary/aromatic N) is 1. The van der Waals surface area contributed by atoms with Gasteiger partial charge in [0.15, 0.2) is 0 Å². The summed E-state index contributed by atoms with van der Waals surface area (Å²) in [4.78, 5) is 14.8. The molecule has 0 aliphatic carbocycles. The fraction of sp³-hybridized carbons (Fsp3) is 0.933. The third-order valence-corrected chi connectivity index (χ3v) is 5.61. The maximum absolute atomic E-state index is 12.7. The summed E-state index contributed by atoms with van der Waals surface area (Å²) < 4.78 is 5.73. The van der Waals surface area contributed by atoms with Gasteiger partial charge in [-0.05, 0) is 37.5 Å². The van der Waals surface area contributed by atoms with Crippen LogP contribution in [0.25, 0.3) is 0 Å². The minimum absolute atomic E-state index is 0.252. The molecule has 2 N–H and O–H groups in total. The number of carbonyl (C=O) groups is 1. The number of rotatable bonds is 7. The Morgan fingerprint density at radius 2 is 2.35 bits per heavy atom. The normalized spacial score (nSPS) is 27.7. The second-order valence-electron chi connectivity index (χ2n) is 5.91. The summed E-state index contributed by atoms with van der Waals surface area (Å²) in [5.41, 5.74) is 5.75. The van der Waals surface area contributed by atoms with Crippen molar-refractivity contribution in [2.45, 2.75) is 51.2 Å². The molecule has 2 fully saturated rings. The summed E-state index contributed by atoms with van der Waals surface area (Å²) in [6.45, 7) is 4.35. The van der Waals surface area contributed by atoms with E-state index in [9.17, 15) is 4.79 Å². The topological polar surface area (TPSA) is 55.6 Å². The van der Waals surface area contributed by atoms with Gasteiger partial charge in [-0.2, -0.15) is 11.8 Å². The summed E-state index contributed by atoms with van der Waals surface area (Å²) in [5.74, 6) is 2.86. The monoisotopic (exact) mass is 300 g/mol. The average Bonchev–Trinajstić information content (AvgIpc) is 3.14. The molecule has 2 rings (SSSR count). The van der Waals surface area contributed by atoms with Crippen molar-refractivity contribution in [2.24, 2.45) is 11.7 Å². The second kappa shape index (κ2) is 8.25. The maximum atomic E-state index is 12.7. The minimum Gasteiger partial charge on any atom is -0.376 e. The number of nitrogens with two attached hydrogens (primary N) is 1. The first kappa shape index (κ1) is 16.1. The van der Waals surface area contributed by atoms with Gasteiger partial charge in [0.2, 0.25) is 5.91 Å². The van der Waals surface area contributed by atoms with Gasteiger partial charge in [0.1, 0.15) is 0 Å². The molecule has 20 heavy (non-hydrogen) atoms. The van der Waals surface area contributed by atoms with Gasteiger partial charge in [-0.1, -0.05) is 13.3 Å². The molecule has 0 aromatic heterocycles. The Balaban J connectivity index is 1.94. The van der Waals surface area contributed by atoms with Crippen LogP contribution in [0.5, 0.6) is 0 Å². The fourth-order valence-corrected chi connectivity index (χ4v) is 4.21.